The number of H-pyrrole nitrogens is 1. The summed E-state index contributed by atoms with van der Waals surface area (Å²) in [6.45, 7) is 4.66. The lowest BCUT2D eigenvalue weighted by Gasteiger charge is -2.14. The number of aromatic nitrogens is 3. The van der Waals surface area contributed by atoms with Crippen molar-refractivity contribution in [1.29, 1.82) is 0 Å². The van der Waals surface area contributed by atoms with Crippen LogP contribution >= 0.6 is 11.8 Å². The van der Waals surface area contributed by atoms with Gasteiger partial charge in [0.05, 0.1) is 11.6 Å². The van der Waals surface area contributed by atoms with Crippen LogP contribution in [0.4, 0.5) is 5.82 Å². The van der Waals surface area contributed by atoms with Crippen molar-refractivity contribution in [1.82, 2.24) is 19.9 Å². The summed E-state index contributed by atoms with van der Waals surface area (Å²) < 4.78 is 0. The third kappa shape index (κ3) is 3.79. The third-order valence-corrected chi connectivity index (χ3v) is 5.66. The van der Waals surface area contributed by atoms with E-state index in [1.165, 1.54) is 24.9 Å². The summed E-state index contributed by atoms with van der Waals surface area (Å²) in [5, 5.41) is 10.3. The first-order valence-corrected chi connectivity index (χ1v) is 9.39. The number of aliphatic hydroxyl groups excluding tert-OH is 1. The Kier molecular flexibility index (Phi) is 5.40. The Bertz CT molecular complexity index is 646. The molecule has 4 N–H and O–H groups in total. The zero-order valence-corrected chi connectivity index (χ0v) is 14.4. The summed E-state index contributed by atoms with van der Waals surface area (Å²) in [6.07, 6.45) is 5.71. The van der Waals surface area contributed by atoms with Gasteiger partial charge in [0.15, 0.2) is 5.82 Å². The molecule has 0 spiro atoms. The number of thioether (sulfide) groups is 1. The minimum Gasteiger partial charge on any atom is -0.391 e. The Morgan fingerprint density at radius 2 is 2.30 bits per heavy atom. The molecule has 2 atom stereocenters. The second kappa shape index (κ2) is 7.51. The lowest BCUT2D eigenvalue weighted by Crippen LogP contribution is -2.21. The number of hydrogen-bond donors (Lipinski definition) is 3. The van der Waals surface area contributed by atoms with E-state index < -0.39 is 0 Å². The molecular formula is C16H25N5OS. The van der Waals surface area contributed by atoms with Crippen LogP contribution < -0.4 is 5.73 Å². The number of fused-ring (bicyclic) bond motifs is 1. The standard InChI is InChI=1S/C16H25N5OS/c1-2-3-4-23-9-12-7-21(8-13(12)22)6-11-5-18-15-14(11)19-10-20-16(15)17/h5,10,12-13,18,22H,2-4,6-9H2,1H3,(H2,17,19,20)/t12-,13?/m1/s1. The first-order chi connectivity index (χ1) is 11.2. The zero-order chi connectivity index (χ0) is 16.2. The lowest BCUT2D eigenvalue weighted by atomic mass is 10.1. The number of hydrogen-bond acceptors (Lipinski definition) is 6. The molecule has 0 aromatic carbocycles. The molecule has 1 saturated heterocycles. The minimum absolute atomic E-state index is 0.228. The number of unbranched alkanes of at least 4 members (excludes halogenated alkanes) is 1. The second-order valence-corrected chi connectivity index (χ2v) is 7.40. The predicted octanol–water partition coefficient (Wildman–Crippen LogP) is 1.87. The number of aromatic amines is 1. The van der Waals surface area contributed by atoms with E-state index in [0.717, 1.165) is 42.0 Å². The SMILES string of the molecule is CCCCSC[C@H]1CN(Cc2c[nH]c3c(N)ncnc23)CC1O. The van der Waals surface area contributed by atoms with Crippen molar-refractivity contribution in [2.75, 3.05) is 30.3 Å². The van der Waals surface area contributed by atoms with Crippen LogP contribution in [0.3, 0.4) is 0 Å². The monoisotopic (exact) mass is 335 g/mol. The molecule has 2 aromatic heterocycles. The van der Waals surface area contributed by atoms with Gasteiger partial charge in [0.2, 0.25) is 0 Å². The maximum atomic E-state index is 10.3. The highest BCUT2D eigenvalue weighted by atomic mass is 32.2. The molecule has 6 nitrogen and oxygen atoms in total. The maximum Gasteiger partial charge on any atom is 0.151 e. The minimum atomic E-state index is -0.228. The predicted molar refractivity (Wildman–Crippen MR) is 95.3 cm³/mol. The number of anilines is 1. The first kappa shape index (κ1) is 16.5. The van der Waals surface area contributed by atoms with Crippen molar-refractivity contribution in [2.24, 2.45) is 5.92 Å². The van der Waals surface area contributed by atoms with E-state index in [0.29, 0.717) is 11.7 Å². The molecule has 0 aliphatic carbocycles. The smallest absolute Gasteiger partial charge is 0.151 e. The van der Waals surface area contributed by atoms with Gasteiger partial charge < -0.3 is 15.8 Å². The van der Waals surface area contributed by atoms with Crippen molar-refractivity contribution in [3.8, 4) is 0 Å². The van der Waals surface area contributed by atoms with Crippen LogP contribution in [0, 0.1) is 5.92 Å². The van der Waals surface area contributed by atoms with Gasteiger partial charge in [0, 0.05) is 37.3 Å². The largest absolute Gasteiger partial charge is 0.391 e. The van der Waals surface area contributed by atoms with Crippen molar-refractivity contribution in [3.63, 3.8) is 0 Å². The summed E-state index contributed by atoms with van der Waals surface area (Å²) in [6, 6.07) is 0. The summed E-state index contributed by atoms with van der Waals surface area (Å²) in [7, 11) is 0. The fraction of sp³-hybridized carbons (Fsp3) is 0.625. The molecule has 0 saturated carbocycles. The summed E-state index contributed by atoms with van der Waals surface area (Å²) >= 11 is 1.96. The summed E-state index contributed by atoms with van der Waals surface area (Å²) in [4.78, 5) is 13.8. The van der Waals surface area contributed by atoms with Gasteiger partial charge in [-0.3, -0.25) is 4.90 Å². The lowest BCUT2D eigenvalue weighted by molar-refractivity contribution is 0.149. The third-order valence-electron chi connectivity index (χ3n) is 4.42. The molecule has 1 unspecified atom stereocenters. The molecule has 7 heteroatoms. The highest BCUT2D eigenvalue weighted by molar-refractivity contribution is 7.99. The molecule has 0 bridgehead atoms. The number of likely N-dealkylation sites (tertiary alicyclic amines) is 1. The van der Waals surface area contributed by atoms with Crippen LogP contribution in [0.2, 0.25) is 0 Å². The van der Waals surface area contributed by atoms with Gasteiger partial charge in [-0.15, -0.1) is 0 Å². The molecule has 3 rings (SSSR count). The van der Waals surface area contributed by atoms with Gasteiger partial charge in [-0.25, -0.2) is 9.97 Å². The molecule has 126 valence electrons. The summed E-state index contributed by atoms with van der Waals surface area (Å²) in [5.41, 5.74) is 8.66. The number of nitrogens with two attached hydrogens (primary N) is 1. The molecule has 2 aromatic rings. The van der Waals surface area contributed by atoms with Crippen molar-refractivity contribution < 1.29 is 5.11 Å². The number of aliphatic hydroxyl groups is 1. The zero-order valence-electron chi connectivity index (χ0n) is 13.5. The van der Waals surface area contributed by atoms with E-state index in [-0.39, 0.29) is 6.10 Å². The highest BCUT2D eigenvalue weighted by Gasteiger charge is 2.31. The fourth-order valence-corrected chi connectivity index (χ4v) is 4.38. The van der Waals surface area contributed by atoms with Gasteiger partial charge in [0.25, 0.3) is 0 Å². The molecule has 1 aliphatic rings. The molecule has 0 radical (unpaired) electrons. The van der Waals surface area contributed by atoms with Crippen molar-refractivity contribution in [3.05, 3.63) is 18.1 Å². The van der Waals surface area contributed by atoms with Crippen LogP contribution in [-0.4, -0.2) is 55.7 Å². The molecule has 3 heterocycles. The van der Waals surface area contributed by atoms with Crippen LogP contribution in [0.1, 0.15) is 25.3 Å². The van der Waals surface area contributed by atoms with E-state index >= 15 is 0 Å². The van der Waals surface area contributed by atoms with Gasteiger partial charge in [-0.05, 0) is 17.9 Å². The van der Waals surface area contributed by atoms with Crippen LogP contribution in [0.25, 0.3) is 11.0 Å². The van der Waals surface area contributed by atoms with Crippen molar-refractivity contribution >= 4 is 28.6 Å². The van der Waals surface area contributed by atoms with E-state index in [1.807, 2.05) is 18.0 Å². The number of β-amino-alcohol motifs (C(OH)–C–C–N with tert-alkyl or cyclic N) is 1. The number of nitrogen functional groups attached to an aromatic ring is 1. The van der Waals surface area contributed by atoms with Gasteiger partial charge in [0.1, 0.15) is 11.8 Å². The summed E-state index contributed by atoms with van der Waals surface area (Å²) in [5.74, 6) is 3.08. The average molecular weight is 335 g/mol. The number of nitrogens with zero attached hydrogens (tertiary/aromatic N) is 3. The van der Waals surface area contributed by atoms with E-state index in [4.69, 9.17) is 5.73 Å². The normalized spacial score (nSPS) is 22.2. The van der Waals surface area contributed by atoms with Gasteiger partial charge >= 0.3 is 0 Å². The Labute approximate surface area is 140 Å². The number of rotatable bonds is 7. The van der Waals surface area contributed by atoms with Gasteiger partial charge in [-0.1, -0.05) is 13.3 Å². The van der Waals surface area contributed by atoms with E-state index in [1.54, 1.807) is 0 Å². The average Bonchev–Trinajstić information content (AvgIpc) is 3.09. The molecule has 1 fully saturated rings. The Hall–Kier alpha value is -1.31. The Morgan fingerprint density at radius 3 is 3.13 bits per heavy atom. The quantitative estimate of drug-likeness (QED) is 0.669. The van der Waals surface area contributed by atoms with E-state index in [2.05, 4.69) is 26.8 Å². The number of nitrogens with one attached hydrogen (secondary N) is 1. The van der Waals surface area contributed by atoms with Gasteiger partial charge in [-0.2, -0.15) is 11.8 Å². The second-order valence-electron chi connectivity index (χ2n) is 6.25. The van der Waals surface area contributed by atoms with Crippen molar-refractivity contribution in [2.45, 2.75) is 32.4 Å². The van der Waals surface area contributed by atoms with Crippen LogP contribution in [0.5, 0.6) is 0 Å². The van der Waals surface area contributed by atoms with E-state index in [9.17, 15) is 5.11 Å². The topological polar surface area (TPSA) is 91.1 Å². The first-order valence-electron chi connectivity index (χ1n) is 8.23. The highest BCUT2D eigenvalue weighted by Crippen LogP contribution is 2.26. The fourth-order valence-electron chi connectivity index (χ4n) is 3.09. The maximum absolute atomic E-state index is 10.3. The molecule has 23 heavy (non-hydrogen) atoms. The molecular weight excluding hydrogens is 310 g/mol. The Balaban J connectivity index is 1.59. The Morgan fingerprint density at radius 1 is 1.43 bits per heavy atom. The molecule has 1 aliphatic heterocycles. The molecule has 0 amide bonds. The van der Waals surface area contributed by atoms with Crippen LogP contribution in [0.15, 0.2) is 12.5 Å². The van der Waals surface area contributed by atoms with Crippen LogP contribution in [-0.2, 0) is 6.54 Å².